The lowest BCUT2D eigenvalue weighted by atomic mass is 10.1. The second-order valence-electron chi connectivity index (χ2n) is 5.05. The summed E-state index contributed by atoms with van der Waals surface area (Å²) in [6, 6.07) is 8.64. The summed E-state index contributed by atoms with van der Waals surface area (Å²) in [5.41, 5.74) is 1.11. The van der Waals surface area contributed by atoms with E-state index in [0.29, 0.717) is 12.0 Å². The average molecular weight is 252 g/mol. The van der Waals surface area contributed by atoms with Crippen LogP contribution in [0.15, 0.2) is 24.3 Å². The van der Waals surface area contributed by atoms with Gasteiger partial charge in [-0.25, -0.2) is 0 Å². The van der Waals surface area contributed by atoms with E-state index in [1.54, 1.807) is 0 Å². The van der Waals surface area contributed by atoms with Crippen molar-refractivity contribution in [2.75, 3.05) is 13.2 Å². The Kier molecular flexibility index (Phi) is 3.37. The van der Waals surface area contributed by atoms with E-state index >= 15 is 0 Å². The lowest BCUT2D eigenvalue weighted by molar-refractivity contribution is 0.0474. The molecule has 1 aromatic carbocycles. The fourth-order valence-electron chi connectivity index (χ4n) is 3.00. The van der Waals surface area contributed by atoms with E-state index in [2.05, 4.69) is 11.4 Å². The van der Waals surface area contributed by atoms with Gasteiger partial charge in [-0.3, -0.25) is 0 Å². The van der Waals surface area contributed by atoms with Crippen molar-refractivity contribution in [3.63, 3.8) is 0 Å². The van der Waals surface area contributed by atoms with Crippen molar-refractivity contribution in [3.05, 3.63) is 34.9 Å². The summed E-state index contributed by atoms with van der Waals surface area (Å²) >= 11 is 6.22. The van der Waals surface area contributed by atoms with E-state index < -0.39 is 0 Å². The molecule has 92 valence electrons. The van der Waals surface area contributed by atoms with Crippen molar-refractivity contribution in [2.24, 2.45) is 5.92 Å². The van der Waals surface area contributed by atoms with Gasteiger partial charge in [0.05, 0.1) is 12.7 Å². The van der Waals surface area contributed by atoms with Crippen LogP contribution in [0.1, 0.15) is 30.9 Å². The minimum absolute atomic E-state index is 0.106. The molecule has 0 amide bonds. The van der Waals surface area contributed by atoms with Crippen LogP contribution in [-0.2, 0) is 4.74 Å². The standard InChI is InChI=1S/C14H18ClNO/c15-12-6-2-1-5-11(12)14-8-16-13-7-3-4-10(13)9-17-14/h1-2,5-6,10,13-14,16H,3-4,7-9H2. The second-order valence-corrected chi connectivity index (χ2v) is 5.46. The first-order valence-electron chi connectivity index (χ1n) is 6.44. The fourth-order valence-corrected chi connectivity index (χ4v) is 3.26. The summed E-state index contributed by atoms with van der Waals surface area (Å²) in [6.07, 6.45) is 4.04. The molecule has 2 nitrogen and oxygen atoms in total. The third-order valence-electron chi connectivity index (χ3n) is 3.99. The summed E-state index contributed by atoms with van der Waals surface area (Å²) < 4.78 is 6.04. The van der Waals surface area contributed by atoms with E-state index in [1.807, 2.05) is 18.2 Å². The van der Waals surface area contributed by atoms with Crippen molar-refractivity contribution in [3.8, 4) is 0 Å². The van der Waals surface area contributed by atoms with Crippen LogP contribution in [0, 0.1) is 5.92 Å². The van der Waals surface area contributed by atoms with Gasteiger partial charge >= 0.3 is 0 Å². The largest absolute Gasteiger partial charge is 0.372 e. The minimum Gasteiger partial charge on any atom is -0.372 e. The van der Waals surface area contributed by atoms with Crippen LogP contribution >= 0.6 is 11.6 Å². The summed E-state index contributed by atoms with van der Waals surface area (Å²) in [6.45, 7) is 1.75. The molecule has 0 spiro atoms. The van der Waals surface area contributed by atoms with Crippen molar-refractivity contribution >= 4 is 11.6 Å². The molecule has 3 heteroatoms. The molecular weight excluding hydrogens is 234 g/mol. The Morgan fingerprint density at radius 3 is 3.00 bits per heavy atom. The number of ether oxygens (including phenoxy) is 1. The zero-order valence-electron chi connectivity index (χ0n) is 9.86. The van der Waals surface area contributed by atoms with Crippen LogP contribution in [0.2, 0.25) is 5.02 Å². The van der Waals surface area contributed by atoms with Crippen molar-refractivity contribution in [2.45, 2.75) is 31.4 Å². The Morgan fingerprint density at radius 1 is 1.24 bits per heavy atom. The van der Waals surface area contributed by atoms with Gasteiger partial charge in [0.2, 0.25) is 0 Å². The van der Waals surface area contributed by atoms with E-state index in [4.69, 9.17) is 16.3 Å². The number of rotatable bonds is 1. The number of hydrogen-bond donors (Lipinski definition) is 1. The molecule has 2 fully saturated rings. The summed E-state index contributed by atoms with van der Waals surface area (Å²) in [7, 11) is 0. The molecule has 0 bridgehead atoms. The molecule has 1 N–H and O–H groups in total. The minimum atomic E-state index is 0.106. The maximum absolute atomic E-state index is 6.22. The third kappa shape index (κ3) is 2.35. The predicted octanol–water partition coefficient (Wildman–Crippen LogP) is 3.17. The van der Waals surface area contributed by atoms with Crippen LogP contribution in [-0.4, -0.2) is 19.2 Å². The maximum atomic E-state index is 6.22. The molecule has 0 radical (unpaired) electrons. The van der Waals surface area contributed by atoms with Gasteiger partial charge in [0, 0.05) is 23.2 Å². The molecule has 3 rings (SSSR count). The van der Waals surface area contributed by atoms with Gasteiger partial charge in [0.25, 0.3) is 0 Å². The topological polar surface area (TPSA) is 21.3 Å². The van der Waals surface area contributed by atoms with Crippen molar-refractivity contribution in [1.82, 2.24) is 5.32 Å². The SMILES string of the molecule is Clc1ccccc1C1CNC2CCCC2CO1. The van der Waals surface area contributed by atoms with E-state index in [0.717, 1.165) is 23.7 Å². The number of benzene rings is 1. The normalized spacial score (nSPS) is 33.1. The van der Waals surface area contributed by atoms with Gasteiger partial charge < -0.3 is 10.1 Å². The Bertz CT molecular complexity index is 382. The quantitative estimate of drug-likeness (QED) is 0.828. The first kappa shape index (κ1) is 11.5. The van der Waals surface area contributed by atoms with Crippen LogP contribution in [0.4, 0.5) is 0 Å². The van der Waals surface area contributed by atoms with Crippen LogP contribution in [0.25, 0.3) is 0 Å². The van der Waals surface area contributed by atoms with Crippen LogP contribution < -0.4 is 5.32 Å². The number of hydrogen-bond acceptors (Lipinski definition) is 2. The van der Waals surface area contributed by atoms with E-state index in [9.17, 15) is 0 Å². The highest BCUT2D eigenvalue weighted by molar-refractivity contribution is 6.31. The fraction of sp³-hybridized carbons (Fsp3) is 0.571. The average Bonchev–Trinajstić information content (AvgIpc) is 2.70. The molecule has 3 unspecified atom stereocenters. The highest BCUT2D eigenvalue weighted by atomic mass is 35.5. The summed E-state index contributed by atoms with van der Waals surface area (Å²) in [5, 5.41) is 4.45. The predicted molar refractivity (Wildman–Crippen MR) is 69.3 cm³/mol. The Hall–Kier alpha value is -0.570. The Labute approximate surface area is 107 Å². The van der Waals surface area contributed by atoms with Crippen molar-refractivity contribution in [1.29, 1.82) is 0 Å². The highest BCUT2D eigenvalue weighted by Gasteiger charge is 2.32. The van der Waals surface area contributed by atoms with Gasteiger partial charge in [0.1, 0.15) is 0 Å². The summed E-state index contributed by atoms with van der Waals surface area (Å²) in [5.74, 6) is 0.697. The van der Waals surface area contributed by atoms with Gasteiger partial charge in [-0.1, -0.05) is 36.2 Å². The van der Waals surface area contributed by atoms with Crippen LogP contribution in [0.3, 0.4) is 0 Å². The molecule has 1 aliphatic heterocycles. The second kappa shape index (κ2) is 4.97. The Balaban J connectivity index is 1.75. The molecule has 1 saturated heterocycles. The monoisotopic (exact) mass is 251 g/mol. The number of fused-ring (bicyclic) bond motifs is 1. The molecule has 1 aromatic rings. The zero-order valence-corrected chi connectivity index (χ0v) is 10.6. The Morgan fingerprint density at radius 2 is 2.12 bits per heavy atom. The number of nitrogens with one attached hydrogen (secondary N) is 1. The lowest BCUT2D eigenvalue weighted by Crippen LogP contribution is -2.32. The first-order valence-corrected chi connectivity index (χ1v) is 6.82. The molecule has 1 aliphatic carbocycles. The molecule has 1 heterocycles. The molecule has 0 aromatic heterocycles. The van der Waals surface area contributed by atoms with Gasteiger partial charge in [-0.15, -0.1) is 0 Å². The highest BCUT2D eigenvalue weighted by Crippen LogP contribution is 2.32. The van der Waals surface area contributed by atoms with Gasteiger partial charge in [0.15, 0.2) is 0 Å². The van der Waals surface area contributed by atoms with Crippen LogP contribution in [0.5, 0.6) is 0 Å². The third-order valence-corrected chi connectivity index (χ3v) is 4.33. The molecule has 3 atom stereocenters. The summed E-state index contributed by atoms with van der Waals surface area (Å²) in [4.78, 5) is 0. The zero-order chi connectivity index (χ0) is 11.7. The maximum Gasteiger partial charge on any atom is 0.0963 e. The van der Waals surface area contributed by atoms with Gasteiger partial charge in [-0.2, -0.15) is 0 Å². The molecule has 1 saturated carbocycles. The van der Waals surface area contributed by atoms with Gasteiger partial charge in [-0.05, 0) is 24.8 Å². The molecular formula is C14H18ClNO. The van der Waals surface area contributed by atoms with E-state index in [-0.39, 0.29) is 6.10 Å². The molecule has 17 heavy (non-hydrogen) atoms. The first-order chi connectivity index (χ1) is 8.34. The molecule has 2 aliphatic rings. The smallest absolute Gasteiger partial charge is 0.0963 e. The number of halogens is 1. The lowest BCUT2D eigenvalue weighted by Gasteiger charge is -2.17. The van der Waals surface area contributed by atoms with E-state index in [1.165, 1.54) is 19.3 Å². The van der Waals surface area contributed by atoms with Crippen molar-refractivity contribution < 1.29 is 4.74 Å².